The van der Waals surface area contributed by atoms with Crippen molar-refractivity contribution in [2.24, 2.45) is 0 Å². The zero-order valence-electron chi connectivity index (χ0n) is 24.2. The van der Waals surface area contributed by atoms with E-state index in [1.807, 2.05) is 6.07 Å². The van der Waals surface area contributed by atoms with Crippen LogP contribution in [0.4, 0.5) is 5.82 Å². The van der Waals surface area contributed by atoms with Gasteiger partial charge in [0.1, 0.15) is 5.82 Å². The van der Waals surface area contributed by atoms with E-state index >= 15 is 0 Å². The highest BCUT2D eigenvalue weighted by molar-refractivity contribution is 5.94. The topological polar surface area (TPSA) is 115 Å². The van der Waals surface area contributed by atoms with Gasteiger partial charge in [0.2, 0.25) is 5.91 Å². The molecule has 0 N–H and O–H groups in total. The van der Waals surface area contributed by atoms with Crippen molar-refractivity contribution in [3.05, 3.63) is 39.2 Å². The second-order valence-electron chi connectivity index (χ2n) is 10.7. The van der Waals surface area contributed by atoms with Crippen LogP contribution in [0.2, 0.25) is 0 Å². The van der Waals surface area contributed by atoms with Gasteiger partial charge in [-0.3, -0.25) is 9.69 Å². The molecule has 0 radical (unpaired) electrons. The second kappa shape index (κ2) is 19.6. The fourth-order valence-corrected chi connectivity index (χ4v) is 5.04. The molecule has 10 heteroatoms. The molecule has 2 rings (SSSR count). The number of nitrogens with zero attached hydrogens (tertiary/aromatic N) is 5. The van der Waals surface area contributed by atoms with Gasteiger partial charge in [0.05, 0.1) is 12.2 Å². The normalized spacial score (nSPS) is 14.8. The van der Waals surface area contributed by atoms with E-state index in [0.717, 1.165) is 76.9 Å². The third kappa shape index (κ3) is 13.4. The molecule has 1 amide bonds. The Kier molecular flexibility index (Phi) is 16.4. The summed E-state index contributed by atoms with van der Waals surface area (Å²) in [6, 6.07) is 4.18. The van der Waals surface area contributed by atoms with Crippen molar-refractivity contribution in [2.45, 2.75) is 110 Å². The number of hydrogen-bond acceptors (Lipinski definition) is 8. The molecule has 1 aliphatic heterocycles. The lowest BCUT2D eigenvalue weighted by Gasteiger charge is -2.38. The number of hydroxylamine groups is 2. The van der Waals surface area contributed by atoms with E-state index in [0.29, 0.717) is 16.7 Å². The Bertz CT molecular complexity index is 802. The minimum Gasteiger partial charge on any atom is -0.756 e. The Labute approximate surface area is 234 Å². The number of carbonyl (C=O) groups is 1. The quantitative estimate of drug-likeness (QED) is 0.101. The molecule has 1 atom stereocenters. The van der Waals surface area contributed by atoms with Gasteiger partial charge in [-0.25, -0.2) is 4.98 Å². The Balaban J connectivity index is 1.46. The lowest BCUT2D eigenvalue weighted by molar-refractivity contribution is -0.757. The molecular formula is C29H50N5O5-. The predicted molar refractivity (Wildman–Crippen MR) is 155 cm³/mol. The Morgan fingerprint density at radius 2 is 1.49 bits per heavy atom. The lowest BCUT2D eigenvalue weighted by Crippen LogP contribution is -2.49. The van der Waals surface area contributed by atoms with Gasteiger partial charge in [0, 0.05) is 45.0 Å². The largest absolute Gasteiger partial charge is 0.756 e. The minimum atomic E-state index is -0.728. The standard InChI is InChI=1S/C29H50N5O5/c1-3-26(2)31-20-22-32(23-21-31)28-18-17-27(25-30-28)29(35)33(36)19-15-13-11-9-7-5-4-6-8-10-12-14-16-24-39-34(37)38/h17-18,25-26H,3-16,19-24H2,1-2H3/q-1. The van der Waals surface area contributed by atoms with Crippen molar-refractivity contribution in [3.8, 4) is 0 Å². The number of anilines is 1. The van der Waals surface area contributed by atoms with Crippen LogP contribution in [0.25, 0.3) is 0 Å². The molecule has 39 heavy (non-hydrogen) atoms. The van der Waals surface area contributed by atoms with Gasteiger partial charge in [-0.1, -0.05) is 77.6 Å². The highest BCUT2D eigenvalue weighted by Crippen LogP contribution is 2.17. The molecule has 1 aromatic heterocycles. The van der Waals surface area contributed by atoms with Gasteiger partial charge in [-0.15, -0.1) is 10.1 Å². The summed E-state index contributed by atoms with van der Waals surface area (Å²) in [5.74, 6) is 0.367. The number of amides is 1. The number of carbonyl (C=O) groups excluding carboxylic acids is 1. The fourth-order valence-electron chi connectivity index (χ4n) is 5.04. The van der Waals surface area contributed by atoms with Crippen LogP contribution in [-0.2, 0) is 4.84 Å². The second-order valence-corrected chi connectivity index (χ2v) is 10.7. The van der Waals surface area contributed by atoms with Gasteiger partial charge in [-0.2, -0.15) is 0 Å². The maximum Gasteiger partial charge on any atom is 0.294 e. The first-order valence-electron chi connectivity index (χ1n) is 15.1. The van der Waals surface area contributed by atoms with Gasteiger partial charge >= 0.3 is 0 Å². The van der Waals surface area contributed by atoms with E-state index in [4.69, 9.17) is 0 Å². The van der Waals surface area contributed by atoms with E-state index < -0.39 is 11.0 Å². The van der Waals surface area contributed by atoms with Crippen molar-refractivity contribution in [3.63, 3.8) is 0 Å². The molecule has 0 bridgehead atoms. The van der Waals surface area contributed by atoms with E-state index in [1.165, 1.54) is 51.1 Å². The lowest BCUT2D eigenvalue weighted by atomic mass is 10.0. The van der Waals surface area contributed by atoms with Crippen LogP contribution >= 0.6 is 0 Å². The van der Waals surface area contributed by atoms with Crippen molar-refractivity contribution in [1.82, 2.24) is 14.9 Å². The van der Waals surface area contributed by atoms with Crippen LogP contribution in [0.3, 0.4) is 0 Å². The molecule has 1 aliphatic rings. The summed E-state index contributed by atoms with van der Waals surface area (Å²) in [6.45, 7) is 8.80. The molecule has 0 saturated carbocycles. The maximum atomic E-state index is 12.5. The zero-order valence-corrected chi connectivity index (χ0v) is 24.2. The summed E-state index contributed by atoms with van der Waals surface area (Å²) in [5, 5.41) is 22.2. The monoisotopic (exact) mass is 548 g/mol. The van der Waals surface area contributed by atoms with Crippen molar-refractivity contribution in [2.75, 3.05) is 44.2 Å². The van der Waals surface area contributed by atoms with Crippen molar-refractivity contribution < 1.29 is 14.7 Å². The molecule has 10 nitrogen and oxygen atoms in total. The van der Waals surface area contributed by atoms with Crippen LogP contribution in [0.5, 0.6) is 0 Å². The molecule has 1 fully saturated rings. The predicted octanol–water partition coefficient (Wildman–Crippen LogP) is 6.22. The van der Waals surface area contributed by atoms with E-state index in [-0.39, 0.29) is 13.2 Å². The van der Waals surface area contributed by atoms with Gasteiger partial charge < -0.3 is 20.0 Å². The van der Waals surface area contributed by atoms with Crippen LogP contribution in [0.15, 0.2) is 18.3 Å². The summed E-state index contributed by atoms with van der Waals surface area (Å²) in [7, 11) is 0. The average Bonchev–Trinajstić information content (AvgIpc) is 2.96. The summed E-state index contributed by atoms with van der Waals surface area (Å²) < 4.78 is 0. The summed E-state index contributed by atoms with van der Waals surface area (Å²) in [6.07, 6.45) is 16.8. The average molecular weight is 549 g/mol. The van der Waals surface area contributed by atoms with Gasteiger partial charge in [0.25, 0.3) is 5.09 Å². The van der Waals surface area contributed by atoms with E-state index in [1.54, 1.807) is 6.07 Å². The number of unbranched alkanes of at least 4 members (excludes halogenated alkanes) is 12. The summed E-state index contributed by atoms with van der Waals surface area (Å²) >= 11 is 0. The molecule has 2 heterocycles. The van der Waals surface area contributed by atoms with Gasteiger partial charge in [-0.05, 0) is 38.3 Å². The molecule has 222 valence electrons. The molecule has 0 aliphatic carbocycles. The Hall–Kier alpha value is -2.46. The van der Waals surface area contributed by atoms with Crippen LogP contribution in [0.1, 0.15) is 114 Å². The third-order valence-electron chi connectivity index (χ3n) is 7.78. The van der Waals surface area contributed by atoms with E-state index in [9.17, 15) is 20.1 Å². The number of piperazine rings is 1. The Morgan fingerprint density at radius 3 is 1.97 bits per heavy atom. The first-order valence-corrected chi connectivity index (χ1v) is 15.1. The molecule has 1 aromatic rings. The van der Waals surface area contributed by atoms with E-state index in [2.05, 4.69) is 33.5 Å². The molecule has 0 spiro atoms. The van der Waals surface area contributed by atoms with Crippen LogP contribution in [-0.4, -0.2) is 71.3 Å². The number of hydrogen-bond donors (Lipinski definition) is 0. The molecule has 1 unspecified atom stereocenters. The molecule has 1 saturated heterocycles. The van der Waals surface area contributed by atoms with Crippen LogP contribution in [0, 0.1) is 15.3 Å². The fraction of sp³-hybridized carbons (Fsp3) is 0.793. The number of aromatic nitrogens is 1. The SMILES string of the molecule is CCC(C)N1CCN(c2ccc(C(=O)N([O-])CCCCCCCCCCCCCCCO[N+](=O)[O-])cn2)CC1. The first-order chi connectivity index (χ1) is 18.9. The summed E-state index contributed by atoms with van der Waals surface area (Å²) in [5.41, 5.74) is 0.357. The van der Waals surface area contributed by atoms with Crippen molar-refractivity contribution in [1.29, 1.82) is 0 Å². The Morgan fingerprint density at radius 1 is 0.949 bits per heavy atom. The highest BCUT2D eigenvalue weighted by atomic mass is 16.9. The maximum absolute atomic E-state index is 12.5. The minimum absolute atomic E-state index is 0.207. The van der Waals surface area contributed by atoms with Gasteiger partial charge in [0.15, 0.2) is 0 Å². The molecular weight excluding hydrogens is 498 g/mol. The highest BCUT2D eigenvalue weighted by Gasteiger charge is 2.21. The zero-order chi connectivity index (χ0) is 28.3. The third-order valence-corrected chi connectivity index (χ3v) is 7.78. The number of pyridine rings is 1. The van der Waals surface area contributed by atoms with Crippen LogP contribution < -0.4 is 4.90 Å². The van der Waals surface area contributed by atoms with Crippen molar-refractivity contribution >= 4 is 11.7 Å². The smallest absolute Gasteiger partial charge is 0.294 e. The first kappa shape index (κ1) is 32.8. The summed E-state index contributed by atoms with van der Waals surface area (Å²) in [4.78, 5) is 36.1. The molecule has 0 aromatic carbocycles. The number of rotatable bonds is 21.